The van der Waals surface area contributed by atoms with Crippen LogP contribution in [0, 0.1) is 0 Å². The van der Waals surface area contributed by atoms with Gasteiger partial charge in [-0.2, -0.15) is 0 Å². The van der Waals surface area contributed by atoms with Crippen LogP contribution in [0.5, 0.6) is 5.75 Å². The Morgan fingerprint density at radius 1 is 1.53 bits per heavy atom. The molecule has 0 amide bonds. The average molecular weight is 274 g/mol. The number of hydrogen-bond donors (Lipinski definition) is 2. The molecule has 84 valence electrons. The van der Waals surface area contributed by atoms with E-state index >= 15 is 0 Å². The molecule has 0 aliphatic rings. The first-order valence-electron chi connectivity index (χ1n) is 4.97. The summed E-state index contributed by atoms with van der Waals surface area (Å²) >= 11 is 3.39. The first kappa shape index (κ1) is 12.5. The number of halogens is 1. The van der Waals surface area contributed by atoms with E-state index in [2.05, 4.69) is 15.9 Å². The van der Waals surface area contributed by atoms with E-state index in [0.717, 1.165) is 15.8 Å². The van der Waals surface area contributed by atoms with Gasteiger partial charge in [-0.3, -0.25) is 0 Å². The minimum Gasteiger partial charge on any atom is -0.494 e. The van der Waals surface area contributed by atoms with Crippen molar-refractivity contribution in [2.45, 2.75) is 19.4 Å². The van der Waals surface area contributed by atoms with Crippen molar-refractivity contribution < 1.29 is 9.84 Å². The Morgan fingerprint density at radius 3 is 2.87 bits per heavy atom. The van der Waals surface area contributed by atoms with Gasteiger partial charge in [0.15, 0.2) is 0 Å². The Kier molecular flexibility index (Phi) is 5.08. The molecule has 0 heterocycles. The van der Waals surface area contributed by atoms with Crippen molar-refractivity contribution in [3.8, 4) is 5.75 Å². The number of aliphatic hydroxyl groups is 1. The molecular formula is C11H16BrNO2. The summed E-state index contributed by atoms with van der Waals surface area (Å²) in [4.78, 5) is 0. The van der Waals surface area contributed by atoms with Gasteiger partial charge in [0.2, 0.25) is 0 Å². The van der Waals surface area contributed by atoms with Gasteiger partial charge in [-0.15, -0.1) is 0 Å². The van der Waals surface area contributed by atoms with Crippen molar-refractivity contribution in [1.82, 2.24) is 0 Å². The summed E-state index contributed by atoms with van der Waals surface area (Å²) in [5, 5.41) is 8.86. The minimum atomic E-state index is -0.186. The number of hydrogen-bond acceptors (Lipinski definition) is 3. The zero-order valence-electron chi connectivity index (χ0n) is 8.74. The lowest BCUT2D eigenvalue weighted by Gasteiger charge is -2.16. The lowest BCUT2D eigenvalue weighted by molar-refractivity contribution is 0.273. The van der Waals surface area contributed by atoms with E-state index in [9.17, 15) is 0 Å². The highest BCUT2D eigenvalue weighted by molar-refractivity contribution is 9.10. The third-order valence-corrected chi connectivity index (χ3v) is 2.60. The first-order valence-corrected chi connectivity index (χ1v) is 5.77. The molecule has 0 unspecified atom stereocenters. The van der Waals surface area contributed by atoms with Crippen molar-refractivity contribution in [2.24, 2.45) is 5.73 Å². The molecule has 1 rings (SSSR count). The Morgan fingerprint density at radius 2 is 2.27 bits per heavy atom. The summed E-state index contributed by atoms with van der Waals surface area (Å²) in [6.07, 6.45) is 0.538. The second kappa shape index (κ2) is 6.10. The molecular weight excluding hydrogens is 258 g/mol. The van der Waals surface area contributed by atoms with E-state index in [1.165, 1.54) is 0 Å². The van der Waals surface area contributed by atoms with Gasteiger partial charge in [0, 0.05) is 22.7 Å². The molecule has 0 spiro atoms. The molecule has 3 N–H and O–H groups in total. The summed E-state index contributed by atoms with van der Waals surface area (Å²) in [5.41, 5.74) is 6.88. The molecule has 4 heteroatoms. The first-order chi connectivity index (χ1) is 7.19. The molecule has 0 saturated carbocycles. The topological polar surface area (TPSA) is 55.5 Å². The summed E-state index contributed by atoms with van der Waals surface area (Å²) in [5.74, 6) is 0.793. The molecule has 0 radical (unpaired) electrons. The van der Waals surface area contributed by atoms with Crippen LogP contribution in [0.1, 0.15) is 24.9 Å². The van der Waals surface area contributed by atoms with E-state index in [1.807, 2.05) is 25.1 Å². The summed E-state index contributed by atoms with van der Waals surface area (Å²) in [7, 11) is 0. The fourth-order valence-corrected chi connectivity index (χ4v) is 1.77. The summed E-state index contributed by atoms with van der Waals surface area (Å²) in [6.45, 7) is 2.63. The average Bonchev–Trinajstić information content (AvgIpc) is 2.21. The number of benzene rings is 1. The Labute approximate surface area is 98.4 Å². The molecule has 0 bridgehead atoms. The zero-order chi connectivity index (χ0) is 11.3. The number of rotatable bonds is 5. The molecule has 0 saturated heterocycles. The van der Waals surface area contributed by atoms with Crippen LogP contribution in [0.3, 0.4) is 0 Å². The highest BCUT2D eigenvalue weighted by Crippen LogP contribution is 2.28. The van der Waals surface area contributed by atoms with Crippen molar-refractivity contribution in [2.75, 3.05) is 13.2 Å². The fourth-order valence-electron chi connectivity index (χ4n) is 1.39. The van der Waals surface area contributed by atoms with E-state index in [0.29, 0.717) is 13.0 Å². The van der Waals surface area contributed by atoms with Gasteiger partial charge in [0.25, 0.3) is 0 Å². The van der Waals surface area contributed by atoms with E-state index in [4.69, 9.17) is 15.6 Å². The molecule has 0 aliphatic carbocycles. The maximum absolute atomic E-state index is 8.86. The third-order valence-electron chi connectivity index (χ3n) is 2.11. The molecule has 0 aromatic heterocycles. The van der Waals surface area contributed by atoms with Gasteiger partial charge >= 0.3 is 0 Å². The van der Waals surface area contributed by atoms with Crippen molar-refractivity contribution in [3.05, 3.63) is 28.2 Å². The van der Waals surface area contributed by atoms with Gasteiger partial charge in [-0.25, -0.2) is 0 Å². The van der Waals surface area contributed by atoms with E-state index < -0.39 is 0 Å². The quantitative estimate of drug-likeness (QED) is 0.865. The van der Waals surface area contributed by atoms with Crippen molar-refractivity contribution >= 4 is 15.9 Å². The van der Waals surface area contributed by atoms with Crippen LogP contribution in [0.15, 0.2) is 22.7 Å². The SMILES string of the molecule is CCOc1ccc(Br)cc1[C@H](N)CCO. The van der Waals surface area contributed by atoms with E-state index in [1.54, 1.807) is 0 Å². The zero-order valence-corrected chi connectivity index (χ0v) is 10.3. The molecule has 1 atom stereocenters. The van der Waals surface area contributed by atoms with Gasteiger partial charge in [-0.1, -0.05) is 15.9 Å². The predicted molar refractivity (Wildman–Crippen MR) is 63.9 cm³/mol. The van der Waals surface area contributed by atoms with Gasteiger partial charge in [0.1, 0.15) is 5.75 Å². The largest absolute Gasteiger partial charge is 0.494 e. The minimum absolute atomic E-state index is 0.0826. The Balaban J connectivity index is 2.95. The van der Waals surface area contributed by atoms with Gasteiger partial charge in [0.05, 0.1) is 6.61 Å². The van der Waals surface area contributed by atoms with Crippen LogP contribution in [0.4, 0.5) is 0 Å². The number of ether oxygens (including phenoxy) is 1. The lowest BCUT2D eigenvalue weighted by Crippen LogP contribution is -2.13. The number of nitrogens with two attached hydrogens (primary N) is 1. The molecule has 0 fully saturated rings. The monoisotopic (exact) mass is 273 g/mol. The van der Waals surface area contributed by atoms with Crippen LogP contribution in [-0.2, 0) is 0 Å². The molecule has 1 aromatic rings. The molecule has 1 aromatic carbocycles. The second-order valence-corrected chi connectivity index (χ2v) is 4.15. The van der Waals surface area contributed by atoms with Crippen LogP contribution in [0.25, 0.3) is 0 Å². The molecule has 0 aliphatic heterocycles. The van der Waals surface area contributed by atoms with Gasteiger partial charge in [-0.05, 0) is 31.5 Å². The lowest BCUT2D eigenvalue weighted by atomic mass is 10.0. The highest BCUT2D eigenvalue weighted by Gasteiger charge is 2.12. The van der Waals surface area contributed by atoms with Gasteiger partial charge < -0.3 is 15.6 Å². The summed E-state index contributed by atoms with van der Waals surface area (Å²) < 4.78 is 6.44. The summed E-state index contributed by atoms with van der Waals surface area (Å²) in [6, 6.07) is 5.56. The van der Waals surface area contributed by atoms with Crippen LogP contribution in [0.2, 0.25) is 0 Å². The highest BCUT2D eigenvalue weighted by atomic mass is 79.9. The maximum atomic E-state index is 8.86. The van der Waals surface area contributed by atoms with Crippen LogP contribution >= 0.6 is 15.9 Å². The number of aliphatic hydroxyl groups excluding tert-OH is 1. The predicted octanol–water partition coefficient (Wildman–Crippen LogP) is 2.23. The standard InChI is InChI=1S/C11H16BrNO2/c1-2-15-11-4-3-8(12)7-9(11)10(13)5-6-14/h3-4,7,10,14H,2,5-6,13H2,1H3/t10-/m1/s1. The van der Waals surface area contributed by atoms with Crippen LogP contribution in [-0.4, -0.2) is 18.3 Å². The Hall–Kier alpha value is -0.580. The Bertz CT molecular complexity index is 317. The smallest absolute Gasteiger partial charge is 0.124 e. The third kappa shape index (κ3) is 3.48. The fraction of sp³-hybridized carbons (Fsp3) is 0.455. The maximum Gasteiger partial charge on any atom is 0.124 e. The molecule has 15 heavy (non-hydrogen) atoms. The van der Waals surface area contributed by atoms with E-state index in [-0.39, 0.29) is 12.6 Å². The molecule has 3 nitrogen and oxygen atoms in total. The normalized spacial score (nSPS) is 12.5. The second-order valence-electron chi connectivity index (χ2n) is 3.23. The van der Waals surface area contributed by atoms with Crippen molar-refractivity contribution in [3.63, 3.8) is 0 Å². The van der Waals surface area contributed by atoms with Crippen molar-refractivity contribution in [1.29, 1.82) is 0 Å². The van der Waals surface area contributed by atoms with Crippen LogP contribution < -0.4 is 10.5 Å².